The van der Waals surface area contributed by atoms with Crippen LogP contribution in [0.4, 0.5) is 0 Å². The monoisotopic (exact) mass is 271 g/mol. The lowest BCUT2D eigenvalue weighted by molar-refractivity contribution is -0.146. The maximum atomic E-state index is 12.2. The van der Waals surface area contributed by atoms with E-state index in [1.54, 1.807) is 4.90 Å². The number of hydrogen-bond acceptors (Lipinski definition) is 4. The van der Waals surface area contributed by atoms with Gasteiger partial charge >= 0.3 is 0 Å². The highest BCUT2D eigenvalue weighted by molar-refractivity contribution is 5.82. The summed E-state index contributed by atoms with van der Waals surface area (Å²) in [7, 11) is 0. The Morgan fingerprint density at radius 3 is 2.47 bits per heavy atom. The van der Waals surface area contributed by atoms with Gasteiger partial charge in [-0.15, -0.1) is 0 Å². The Morgan fingerprint density at radius 1 is 1.42 bits per heavy atom. The molecular weight excluding hydrogens is 246 g/mol. The summed E-state index contributed by atoms with van der Waals surface area (Å²) in [5.74, 6) is -0.185. The number of hydrogen-bond donors (Lipinski definition) is 2. The van der Waals surface area contributed by atoms with Gasteiger partial charge in [-0.1, -0.05) is 34.6 Å². The van der Waals surface area contributed by atoms with Crippen molar-refractivity contribution in [3.05, 3.63) is 0 Å². The van der Waals surface area contributed by atoms with E-state index in [0.717, 1.165) is 0 Å². The minimum atomic E-state index is -0.983. The van der Waals surface area contributed by atoms with Crippen molar-refractivity contribution in [2.24, 2.45) is 11.3 Å². The molecule has 0 bridgehead atoms. The highest BCUT2D eigenvalue weighted by Crippen LogP contribution is 2.46. The number of aliphatic hydroxyl groups is 2. The van der Waals surface area contributed by atoms with Gasteiger partial charge in [0.1, 0.15) is 11.8 Å². The minimum absolute atomic E-state index is 0.0506. The van der Waals surface area contributed by atoms with Crippen LogP contribution in [0.5, 0.6) is 0 Å². The molecule has 5 nitrogen and oxygen atoms in total. The topological polar surface area (TPSA) is 70.0 Å². The second-order valence-electron chi connectivity index (χ2n) is 7.19. The fourth-order valence-corrected chi connectivity index (χ4v) is 3.27. The van der Waals surface area contributed by atoms with Crippen molar-refractivity contribution in [3.8, 4) is 0 Å². The lowest BCUT2D eigenvalue weighted by Gasteiger charge is -2.42. The number of aliphatic hydroxyl groups excluding tert-OH is 2. The number of fused-ring (bicyclic) bond motifs is 1. The van der Waals surface area contributed by atoms with Crippen molar-refractivity contribution < 1.29 is 19.7 Å². The van der Waals surface area contributed by atoms with E-state index in [9.17, 15) is 15.0 Å². The normalized spacial score (nSPS) is 37.1. The van der Waals surface area contributed by atoms with Crippen LogP contribution in [0.2, 0.25) is 0 Å². The molecule has 19 heavy (non-hydrogen) atoms. The molecule has 4 atom stereocenters. The van der Waals surface area contributed by atoms with Gasteiger partial charge in [0.2, 0.25) is 5.91 Å². The van der Waals surface area contributed by atoms with Gasteiger partial charge in [0.15, 0.2) is 0 Å². The molecule has 0 aliphatic carbocycles. The van der Waals surface area contributed by atoms with Gasteiger partial charge in [-0.25, -0.2) is 0 Å². The first-order valence-corrected chi connectivity index (χ1v) is 6.92. The first-order valence-electron chi connectivity index (χ1n) is 6.92. The van der Waals surface area contributed by atoms with E-state index in [1.807, 2.05) is 34.6 Å². The first kappa shape index (κ1) is 14.8. The zero-order chi connectivity index (χ0) is 14.6. The van der Waals surface area contributed by atoms with Gasteiger partial charge in [0.25, 0.3) is 0 Å². The van der Waals surface area contributed by atoms with Crippen LogP contribution in [0, 0.1) is 11.3 Å². The van der Waals surface area contributed by atoms with Crippen molar-refractivity contribution in [2.75, 3.05) is 6.61 Å². The third kappa shape index (κ3) is 1.99. The first-order chi connectivity index (χ1) is 8.62. The second-order valence-corrected chi connectivity index (χ2v) is 7.19. The predicted molar refractivity (Wildman–Crippen MR) is 70.2 cm³/mol. The maximum absolute atomic E-state index is 12.2. The van der Waals surface area contributed by atoms with Crippen LogP contribution in [0.3, 0.4) is 0 Å². The van der Waals surface area contributed by atoms with Gasteiger partial charge < -0.3 is 19.8 Å². The number of rotatable bonds is 2. The van der Waals surface area contributed by atoms with Gasteiger partial charge in [-0.3, -0.25) is 4.79 Å². The molecule has 2 heterocycles. The lowest BCUT2D eigenvalue weighted by Crippen LogP contribution is -2.62. The van der Waals surface area contributed by atoms with Gasteiger partial charge in [0, 0.05) is 5.41 Å². The molecule has 2 aliphatic heterocycles. The molecule has 0 aromatic heterocycles. The molecule has 2 saturated heterocycles. The van der Waals surface area contributed by atoms with E-state index in [1.165, 1.54) is 0 Å². The Hall–Kier alpha value is -0.650. The number of carbonyl (C=O) groups excluding carboxylic acids is 1. The molecule has 0 radical (unpaired) electrons. The molecule has 5 heteroatoms. The van der Waals surface area contributed by atoms with Crippen molar-refractivity contribution in [1.29, 1.82) is 0 Å². The van der Waals surface area contributed by atoms with E-state index >= 15 is 0 Å². The highest BCUT2D eigenvalue weighted by atomic mass is 16.5. The van der Waals surface area contributed by atoms with E-state index in [4.69, 9.17) is 4.74 Å². The average molecular weight is 271 g/mol. The Kier molecular flexibility index (Phi) is 3.44. The highest BCUT2D eigenvalue weighted by Gasteiger charge is 2.65. The standard InChI is InChI=1S/C14H25NO4/c1-8(2)11(18)14-7-19-12(13(3,4)5)15(14)10(17)6-9(14)16/h8-9,11-12,16,18H,6-7H2,1-5H3/t9-,11-,12+,14-/m0/s1. The molecule has 0 spiro atoms. The SMILES string of the molecule is CC(C)[C@H](O)[C@@]12CO[C@H](C(C)(C)C)N1C(=O)C[C@@H]2O. The number of ether oxygens (including phenoxy) is 1. The third-order valence-corrected chi connectivity index (χ3v) is 4.25. The lowest BCUT2D eigenvalue weighted by atomic mass is 9.81. The second kappa shape index (κ2) is 4.43. The van der Waals surface area contributed by atoms with Crippen molar-refractivity contribution in [1.82, 2.24) is 4.90 Å². The molecule has 1 amide bonds. The molecule has 2 rings (SSSR count). The Balaban J connectivity index is 2.43. The fourth-order valence-electron chi connectivity index (χ4n) is 3.27. The van der Waals surface area contributed by atoms with E-state index in [2.05, 4.69) is 0 Å². The van der Waals surface area contributed by atoms with Crippen LogP contribution in [0.25, 0.3) is 0 Å². The molecule has 2 fully saturated rings. The molecule has 0 saturated carbocycles. The van der Waals surface area contributed by atoms with E-state index < -0.39 is 24.0 Å². The molecule has 0 aromatic carbocycles. The minimum Gasteiger partial charge on any atom is -0.390 e. The zero-order valence-corrected chi connectivity index (χ0v) is 12.4. The largest absolute Gasteiger partial charge is 0.390 e. The summed E-state index contributed by atoms with van der Waals surface area (Å²) in [4.78, 5) is 13.8. The zero-order valence-electron chi connectivity index (χ0n) is 12.4. The van der Waals surface area contributed by atoms with Crippen LogP contribution in [0.1, 0.15) is 41.0 Å². The van der Waals surface area contributed by atoms with Crippen LogP contribution in [-0.2, 0) is 9.53 Å². The third-order valence-electron chi connectivity index (χ3n) is 4.25. The summed E-state index contributed by atoms with van der Waals surface area (Å²) in [5.41, 5.74) is -1.23. The molecule has 2 N–H and O–H groups in total. The number of nitrogens with zero attached hydrogens (tertiary/aromatic N) is 1. The number of carbonyl (C=O) groups is 1. The van der Waals surface area contributed by atoms with Crippen molar-refractivity contribution in [3.63, 3.8) is 0 Å². The Morgan fingerprint density at radius 2 is 2.00 bits per heavy atom. The molecule has 0 unspecified atom stereocenters. The fraction of sp³-hybridized carbons (Fsp3) is 0.929. The summed E-state index contributed by atoms with van der Waals surface area (Å²) >= 11 is 0. The Labute approximate surface area is 114 Å². The van der Waals surface area contributed by atoms with Crippen LogP contribution < -0.4 is 0 Å². The van der Waals surface area contributed by atoms with Crippen LogP contribution >= 0.6 is 0 Å². The smallest absolute Gasteiger partial charge is 0.228 e. The quantitative estimate of drug-likeness (QED) is 0.777. The van der Waals surface area contributed by atoms with Gasteiger partial charge in [0.05, 0.1) is 25.2 Å². The summed E-state index contributed by atoms with van der Waals surface area (Å²) in [6.07, 6.45) is -1.99. The summed E-state index contributed by atoms with van der Waals surface area (Å²) in [5, 5.41) is 20.8. The van der Waals surface area contributed by atoms with Crippen molar-refractivity contribution in [2.45, 2.75) is 65.0 Å². The maximum Gasteiger partial charge on any atom is 0.228 e. The molecule has 2 aliphatic rings. The number of amides is 1. The average Bonchev–Trinajstić information content (AvgIpc) is 2.76. The van der Waals surface area contributed by atoms with E-state index in [0.29, 0.717) is 0 Å². The molecule has 0 aromatic rings. The van der Waals surface area contributed by atoms with Crippen molar-refractivity contribution >= 4 is 5.91 Å². The molecular formula is C14H25NO4. The van der Waals surface area contributed by atoms with Crippen LogP contribution in [-0.4, -0.2) is 51.6 Å². The van der Waals surface area contributed by atoms with E-state index in [-0.39, 0.29) is 30.3 Å². The summed E-state index contributed by atoms with van der Waals surface area (Å²) in [6.45, 7) is 9.95. The Bertz CT molecular complexity index is 376. The predicted octanol–water partition coefficient (Wildman–Crippen LogP) is 0.738. The van der Waals surface area contributed by atoms with Gasteiger partial charge in [-0.05, 0) is 5.92 Å². The van der Waals surface area contributed by atoms with Gasteiger partial charge in [-0.2, -0.15) is 0 Å². The summed E-state index contributed by atoms with van der Waals surface area (Å²) in [6, 6.07) is 0. The summed E-state index contributed by atoms with van der Waals surface area (Å²) < 4.78 is 5.78. The van der Waals surface area contributed by atoms with Crippen LogP contribution in [0.15, 0.2) is 0 Å². The molecule has 110 valence electrons.